The van der Waals surface area contributed by atoms with E-state index in [2.05, 4.69) is 15.2 Å². The molecule has 1 amide bonds. The third kappa shape index (κ3) is 3.38. The number of hydrogen-bond donors (Lipinski definition) is 1. The molecule has 5 heteroatoms. The Morgan fingerprint density at radius 2 is 1.90 bits per heavy atom. The van der Waals surface area contributed by atoms with E-state index in [1.807, 2.05) is 24.3 Å². The monoisotopic (exact) mass is 283 g/mol. The lowest BCUT2D eigenvalue weighted by Crippen LogP contribution is -2.36. The maximum absolute atomic E-state index is 12.1. The predicted octanol–water partition coefficient (Wildman–Crippen LogP) is 2.17. The van der Waals surface area contributed by atoms with Crippen LogP contribution in [-0.2, 0) is 4.74 Å². The second-order valence-electron chi connectivity index (χ2n) is 4.84. The molecule has 0 bridgehead atoms. The maximum Gasteiger partial charge on any atom is 0.255 e. The Morgan fingerprint density at radius 3 is 2.67 bits per heavy atom. The van der Waals surface area contributed by atoms with Crippen LogP contribution in [0.25, 0.3) is 0 Å². The topological polar surface area (TPSA) is 54.5 Å². The number of pyridine rings is 1. The Labute approximate surface area is 123 Å². The van der Waals surface area contributed by atoms with E-state index in [1.54, 1.807) is 24.5 Å². The highest BCUT2D eigenvalue weighted by molar-refractivity contribution is 6.04. The molecule has 1 saturated heterocycles. The van der Waals surface area contributed by atoms with E-state index < -0.39 is 0 Å². The zero-order valence-corrected chi connectivity index (χ0v) is 11.7. The van der Waals surface area contributed by atoms with Crippen LogP contribution in [0, 0.1) is 0 Å². The fraction of sp³-hybridized carbons (Fsp3) is 0.250. The highest BCUT2D eigenvalue weighted by atomic mass is 16.5. The van der Waals surface area contributed by atoms with Gasteiger partial charge in [0.2, 0.25) is 0 Å². The molecule has 1 aromatic heterocycles. The molecule has 21 heavy (non-hydrogen) atoms. The summed E-state index contributed by atoms with van der Waals surface area (Å²) in [5.41, 5.74) is 2.49. The quantitative estimate of drug-likeness (QED) is 0.938. The van der Waals surface area contributed by atoms with Gasteiger partial charge >= 0.3 is 0 Å². The number of nitrogens with one attached hydrogen (secondary N) is 1. The van der Waals surface area contributed by atoms with Crippen LogP contribution < -0.4 is 10.2 Å². The summed E-state index contributed by atoms with van der Waals surface area (Å²) in [5.74, 6) is -0.128. The first kappa shape index (κ1) is 13.6. The summed E-state index contributed by atoms with van der Waals surface area (Å²) in [6.45, 7) is 3.24. The van der Waals surface area contributed by atoms with Crippen molar-refractivity contribution in [3.05, 3.63) is 54.4 Å². The molecule has 1 aliphatic rings. The third-order valence-electron chi connectivity index (χ3n) is 3.42. The molecule has 0 aliphatic carbocycles. The highest BCUT2D eigenvalue weighted by Crippen LogP contribution is 2.20. The Kier molecular flexibility index (Phi) is 4.12. The fourth-order valence-corrected chi connectivity index (χ4v) is 2.31. The summed E-state index contributed by atoms with van der Waals surface area (Å²) >= 11 is 0. The SMILES string of the molecule is O=C(Nc1cccc(N2CCOCC2)c1)c1ccncc1. The molecule has 108 valence electrons. The minimum absolute atomic E-state index is 0.128. The van der Waals surface area contributed by atoms with Gasteiger partial charge in [0.15, 0.2) is 0 Å². The molecule has 2 heterocycles. The Hall–Kier alpha value is -2.40. The van der Waals surface area contributed by atoms with Crippen molar-refractivity contribution in [3.63, 3.8) is 0 Å². The van der Waals surface area contributed by atoms with E-state index in [1.165, 1.54) is 0 Å². The van der Waals surface area contributed by atoms with E-state index in [9.17, 15) is 4.79 Å². The Bertz CT molecular complexity index is 610. The molecule has 1 aliphatic heterocycles. The van der Waals surface area contributed by atoms with Crippen LogP contribution in [0.2, 0.25) is 0 Å². The fourth-order valence-electron chi connectivity index (χ4n) is 2.31. The molecule has 5 nitrogen and oxygen atoms in total. The van der Waals surface area contributed by atoms with E-state index in [-0.39, 0.29) is 5.91 Å². The van der Waals surface area contributed by atoms with E-state index in [4.69, 9.17) is 4.74 Å². The van der Waals surface area contributed by atoms with Gasteiger partial charge in [-0.1, -0.05) is 6.07 Å². The lowest BCUT2D eigenvalue weighted by atomic mass is 10.2. The number of benzene rings is 1. The van der Waals surface area contributed by atoms with Crippen LogP contribution in [0.5, 0.6) is 0 Å². The molecule has 0 radical (unpaired) electrons. The van der Waals surface area contributed by atoms with Crippen LogP contribution in [0.1, 0.15) is 10.4 Å². The summed E-state index contributed by atoms with van der Waals surface area (Å²) in [5, 5.41) is 2.91. The van der Waals surface area contributed by atoms with E-state index in [0.29, 0.717) is 5.56 Å². The number of morpholine rings is 1. The zero-order valence-electron chi connectivity index (χ0n) is 11.7. The second-order valence-corrected chi connectivity index (χ2v) is 4.84. The normalized spacial score (nSPS) is 14.8. The molecule has 1 N–H and O–H groups in total. The van der Waals surface area contributed by atoms with Gasteiger partial charge in [-0.15, -0.1) is 0 Å². The maximum atomic E-state index is 12.1. The number of hydrogen-bond acceptors (Lipinski definition) is 4. The average molecular weight is 283 g/mol. The molecule has 1 aromatic carbocycles. The zero-order chi connectivity index (χ0) is 14.5. The van der Waals surface area contributed by atoms with Gasteiger partial charge in [-0.05, 0) is 30.3 Å². The lowest BCUT2D eigenvalue weighted by molar-refractivity contribution is 0.102. The highest BCUT2D eigenvalue weighted by Gasteiger charge is 2.12. The number of amides is 1. The van der Waals surface area contributed by atoms with Gasteiger partial charge in [-0.25, -0.2) is 0 Å². The number of nitrogens with zero attached hydrogens (tertiary/aromatic N) is 2. The van der Waals surface area contributed by atoms with Gasteiger partial charge < -0.3 is 15.0 Å². The Balaban J connectivity index is 1.72. The van der Waals surface area contributed by atoms with Crippen LogP contribution in [0.15, 0.2) is 48.8 Å². The van der Waals surface area contributed by atoms with Gasteiger partial charge in [-0.2, -0.15) is 0 Å². The number of carbonyl (C=O) groups is 1. The number of anilines is 2. The molecule has 1 fully saturated rings. The predicted molar refractivity (Wildman–Crippen MR) is 81.7 cm³/mol. The largest absolute Gasteiger partial charge is 0.378 e. The molecule has 0 atom stereocenters. The van der Waals surface area contributed by atoms with Crippen molar-refractivity contribution < 1.29 is 9.53 Å². The van der Waals surface area contributed by atoms with Crippen LogP contribution in [-0.4, -0.2) is 37.2 Å². The molecule has 2 aromatic rings. The van der Waals surface area contributed by atoms with Crippen LogP contribution in [0.4, 0.5) is 11.4 Å². The van der Waals surface area contributed by atoms with E-state index in [0.717, 1.165) is 37.7 Å². The van der Waals surface area contributed by atoms with Crippen LogP contribution >= 0.6 is 0 Å². The molecule has 3 rings (SSSR count). The summed E-state index contributed by atoms with van der Waals surface area (Å²) in [7, 11) is 0. The number of rotatable bonds is 3. The number of ether oxygens (including phenoxy) is 1. The average Bonchev–Trinajstić information content (AvgIpc) is 2.57. The number of aromatic nitrogens is 1. The van der Waals surface area contributed by atoms with E-state index >= 15 is 0 Å². The summed E-state index contributed by atoms with van der Waals surface area (Å²) in [6, 6.07) is 11.3. The molecule has 0 spiro atoms. The molecule has 0 saturated carbocycles. The molecule has 0 unspecified atom stereocenters. The van der Waals surface area contributed by atoms with Crippen molar-refractivity contribution in [2.75, 3.05) is 36.5 Å². The smallest absolute Gasteiger partial charge is 0.255 e. The van der Waals surface area contributed by atoms with Gasteiger partial charge in [0.1, 0.15) is 0 Å². The number of carbonyl (C=O) groups excluding carboxylic acids is 1. The first-order valence-corrected chi connectivity index (χ1v) is 6.97. The first-order chi connectivity index (χ1) is 10.3. The van der Waals surface area contributed by atoms with Gasteiger partial charge in [0.05, 0.1) is 13.2 Å². The standard InChI is InChI=1S/C16H17N3O2/c20-16(13-4-6-17-7-5-13)18-14-2-1-3-15(12-14)19-8-10-21-11-9-19/h1-7,12H,8-11H2,(H,18,20). The second kappa shape index (κ2) is 6.37. The van der Waals surface area contributed by atoms with Gasteiger partial charge in [-0.3, -0.25) is 9.78 Å². The Morgan fingerprint density at radius 1 is 1.14 bits per heavy atom. The van der Waals surface area contributed by atoms with Crippen LogP contribution in [0.3, 0.4) is 0 Å². The van der Waals surface area contributed by atoms with Crippen molar-refractivity contribution in [3.8, 4) is 0 Å². The van der Waals surface area contributed by atoms with Gasteiger partial charge in [0, 0.05) is 42.4 Å². The lowest BCUT2D eigenvalue weighted by Gasteiger charge is -2.29. The van der Waals surface area contributed by atoms with Crippen molar-refractivity contribution in [2.24, 2.45) is 0 Å². The molecular weight excluding hydrogens is 266 g/mol. The summed E-state index contributed by atoms with van der Waals surface area (Å²) in [4.78, 5) is 18.3. The van der Waals surface area contributed by atoms with Crippen molar-refractivity contribution in [1.82, 2.24) is 4.98 Å². The van der Waals surface area contributed by atoms with Crippen molar-refractivity contribution in [2.45, 2.75) is 0 Å². The first-order valence-electron chi connectivity index (χ1n) is 6.97. The van der Waals surface area contributed by atoms with Crippen molar-refractivity contribution in [1.29, 1.82) is 0 Å². The summed E-state index contributed by atoms with van der Waals surface area (Å²) in [6.07, 6.45) is 3.22. The minimum atomic E-state index is -0.128. The van der Waals surface area contributed by atoms with Crippen molar-refractivity contribution >= 4 is 17.3 Å². The molecular formula is C16H17N3O2. The minimum Gasteiger partial charge on any atom is -0.378 e. The van der Waals surface area contributed by atoms with Gasteiger partial charge in [0.25, 0.3) is 5.91 Å². The third-order valence-corrected chi connectivity index (χ3v) is 3.42. The summed E-state index contributed by atoms with van der Waals surface area (Å²) < 4.78 is 5.36.